The summed E-state index contributed by atoms with van der Waals surface area (Å²) in [5, 5.41) is 0. The van der Waals surface area contributed by atoms with Crippen molar-refractivity contribution in [1.29, 1.82) is 0 Å². The molecule has 4 rings (SSSR count). The molecule has 32 heavy (non-hydrogen) atoms. The monoisotopic (exact) mass is 442 g/mol. The Labute approximate surface area is 188 Å². The van der Waals surface area contributed by atoms with Crippen LogP contribution in [0.1, 0.15) is 31.9 Å². The van der Waals surface area contributed by atoms with Gasteiger partial charge in [0.2, 0.25) is 0 Å². The molecule has 172 valence electrons. The number of hydrogen-bond acceptors (Lipinski definition) is 7. The van der Waals surface area contributed by atoms with Crippen LogP contribution in [0.4, 0.5) is 0 Å². The average Bonchev–Trinajstić information content (AvgIpc) is 3.24. The molecule has 2 fully saturated rings. The molecule has 2 aliphatic heterocycles. The molecule has 0 saturated carbocycles. The van der Waals surface area contributed by atoms with Crippen LogP contribution >= 0.6 is 0 Å². The molecule has 0 bridgehead atoms. The van der Waals surface area contributed by atoms with Gasteiger partial charge in [0.05, 0.1) is 19.8 Å². The predicted octanol–water partition coefficient (Wildman–Crippen LogP) is 3.60. The smallest absolute Gasteiger partial charge is 0.303 e. The first kappa shape index (κ1) is 22.9. The fourth-order valence-electron chi connectivity index (χ4n) is 4.01. The van der Waals surface area contributed by atoms with Gasteiger partial charge in [-0.15, -0.1) is 0 Å². The summed E-state index contributed by atoms with van der Waals surface area (Å²) in [6, 6.07) is 19.8. The Morgan fingerprint density at radius 1 is 0.969 bits per heavy atom. The van der Waals surface area contributed by atoms with Gasteiger partial charge in [0.25, 0.3) is 0 Å². The van der Waals surface area contributed by atoms with Gasteiger partial charge in [-0.2, -0.15) is 0 Å². The van der Waals surface area contributed by atoms with Crippen LogP contribution in [0.5, 0.6) is 0 Å². The highest BCUT2D eigenvalue weighted by atomic mass is 16.8. The molecule has 0 amide bonds. The zero-order valence-electron chi connectivity index (χ0n) is 18.6. The topological polar surface area (TPSA) is 72.5 Å². The number of rotatable bonds is 9. The highest BCUT2D eigenvalue weighted by Crippen LogP contribution is 2.40. The third-order valence-corrected chi connectivity index (χ3v) is 5.40. The first-order valence-corrected chi connectivity index (χ1v) is 10.9. The van der Waals surface area contributed by atoms with Crippen molar-refractivity contribution in [2.24, 2.45) is 0 Å². The zero-order valence-corrected chi connectivity index (χ0v) is 18.6. The van der Waals surface area contributed by atoms with Gasteiger partial charge in [0, 0.05) is 6.92 Å². The van der Waals surface area contributed by atoms with Crippen molar-refractivity contribution in [2.45, 2.75) is 70.5 Å². The van der Waals surface area contributed by atoms with Crippen LogP contribution in [0.3, 0.4) is 0 Å². The summed E-state index contributed by atoms with van der Waals surface area (Å²) in [5.41, 5.74) is 2.08. The van der Waals surface area contributed by atoms with Gasteiger partial charge in [0.15, 0.2) is 24.3 Å². The minimum Gasteiger partial charge on any atom is -0.457 e. The van der Waals surface area contributed by atoms with E-state index in [9.17, 15) is 4.79 Å². The fourth-order valence-corrected chi connectivity index (χ4v) is 4.01. The van der Waals surface area contributed by atoms with Gasteiger partial charge >= 0.3 is 5.97 Å². The first-order chi connectivity index (χ1) is 15.4. The lowest BCUT2D eigenvalue weighted by Gasteiger charge is -2.30. The lowest BCUT2D eigenvalue weighted by molar-refractivity contribution is -0.236. The Kier molecular flexibility index (Phi) is 7.23. The van der Waals surface area contributed by atoms with Crippen molar-refractivity contribution in [3.63, 3.8) is 0 Å². The summed E-state index contributed by atoms with van der Waals surface area (Å²) in [6.07, 6.45) is -2.93. The number of fused-ring (bicyclic) bond motifs is 1. The molecule has 2 aromatic rings. The van der Waals surface area contributed by atoms with Crippen LogP contribution < -0.4 is 0 Å². The molecular weight excluding hydrogens is 412 g/mol. The molecule has 0 unspecified atom stereocenters. The summed E-state index contributed by atoms with van der Waals surface area (Å²) in [4.78, 5) is 11.8. The van der Waals surface area contributed by atoms with E-state index in [-0.39, 0.29) is 6.61 Å². The van der Waals surface area contributed by atoms with Crippen LogP contribution in [0.25, 0.3) is 0 Å². The summed E-state index contributed by atoms with van der Waals surface area (Å²) in [6.45, 7) is 6.05. The molecule has 2 aliphatic rings. The third kappa shape index (κ3) is 5.74. The van der Waals surface area contributed by atoms with Crippen LogP contribution in [-0.2, 0) is 46.4 Å². The Bertz CT molecular complexity index is 870. The van der Waals surface area contributed by atoms with Gasteiger partial charge in [-0.25, -0.2) is 0 Å². The van der Waals surface area contributed by atoms with Crippen LogP contribution in [0.2, 0.25) is 0 Å². The van der Waals surface area contributed by atoms with Crippen LogP contribution in [0.15, 0.2) is 60.7 Å². The summed E-state index contributed by atoms with van der Waals surface area (Å²) in [5.74, 6) is -1.23. The molecular formula is C25H30O7. The van der Waals surface area contributed by atoms with E-state index in [4.69, 9.17) is 28.4 Å². The standard InChI is InChI=1S/C25H30O7/c1-17(26)29-22-21(30-24-23(22)31-25(2,3)32-24)20(28-15-19-12-8-5-9-13-19)16-27-14-18-10-6-4-7-11-18/h4-13,20-24H,14-16H2,1-3H3/t20-,21+,22-,23+,24+/m0/s1. The number of benzene rings is 2. The van der Waals surface area contributed by atoms with Gasteiger partial charge in [-0.1, -0.05) is 60.7 Å². The van der Waals surface area contributed by atoms with E-state index in [1.165, 1.54) is 6.92 Å². The Balaban J connectivity index is 1.48. The molecule has 2 saturated heterocycles. The molecule has 0 N–H and O–H groups in total. The van der Waals surface area contributed by atoms with Crippen LogP contribution in [0, 0.1) is 0 Å². The van der Waals surface area contributed by atoms with E-state index in [0.717, 1.165) is 11.1 Å². The largest absolute Gasteiger partial charge is 0.457 e. The lowest BCUT2D eigenvalue weighted by Crippen LogP contribution is -2.46. The van der Waals surface area contributed by atoms with Crippen molar-refractivity contribution in [3.8, 4) is 0 Å². The number of carbonyl (C=O) groups excluding carboxylic acids is 1. The molecule has 7 nitrogen and oxygen atoms in total. The van der Waals surface area contributed by atoms with Gasteiger partial charge in [-0.05, 0) is 25.0 Å². The number of ether oxygens (including phenoxy) is 6. The van der Waals surface area contributed by atoms with E-state index in [1.54, 1.807) is 13.8 Å². The van der Waals surface area contributed by atoms with E-state index in [1.807, 2.05) is 60.7 Å². The minimum atomic E-state index is -0.817. The molecule has 5 atom stereocenters. The molecule has 2 aromatic carbocycles. The molecule has 0 radical (unpaired) electrons. The molecule has 0 aliphatic carbocycles. The maximum absolute atomic E-state index is 11.8. The lowest BCUT2D eigenvalue weighted by atomic mass is 10.1. The van der Waals surface area contributed by atoms with E-state index < -0.39 is 42.5 Å². The van der Waals surface area contributed by atoms with Crippen molar-refractivity contribution in [1.82, 2.24) is 0 Å². The van der Waals surface area contributed by atoms with Crippen molar-refractivity contribution >= 4 is 5.97 Å². The van der Waals surface area contributed by atoms with E-state index in [2.05, 4.69) is 0 Å². The Morgan fingerprint density at radius 2 is 1.59 bits per heavy atom. The highest BCUT2D eigenvalue weighted by Gasteiger charge is 2.58. The SMILES string of the molecule is CC(=O)O[C@@H]1[C@H]2OC(C)(C)O[C@H]2O[C@@H]1[C@H](COCc1ccccc1)OCc1ccccc1. The molecule has 2 heterocycles. The second-order valence-electron chi connectivity index (χ2n) is 8.48. The summed E-state index contributed by atoms with van der Waals surface area (Å²) < 4.78 is 35.8. The quantitative estimate of drug-likeness (QED) is 0.550. The first-order valence-electron chi connectivity index (χ1n) is 10.9. The Hall–Kier alpha value is -2.29. The van der Waals surface area contributed by atoms with Crippen molar-refractivity contribution < 1.29 is 33.2 Å². The predicted molar refractivity (Wildman–Crippen MR) is 115 cm³/mol. The molecule has 0 aromatic heterocycles. The maximum atomic E-state index is 11.8. The van der Waals surface area contributed by atoms with E-state index in [0.29, 0.717) is 13.2 Å². The van der Waals surface area contributed by atoms with Crippen LogP contribution in [-0.4, -0.2) is 49.1 Å². The number of carbonyl (C=O) groups is 1. The van der Waals surface area contributed by atoms with Gasteiger partial charge in [0.1, 0.15) is 12.2 Å². The molecule has 7 heteroatoms. The fraction of sp³-hybridized carbons (Fsp3) is 0.480. The van der Waals surface area contributed by atoms with Gasteiger partial charge in [-0.3, -0.25) is 4.79 Å². The zero-order chi connectivity index (χ0) is 22.6. The van der Waals surface area contributed by atoms with E-state index >= 15 is 0 Å². The third-order valence-electron chi connectivity index (χ3n) is 5.40. The second kappa shape index (κ2) is 10.1. The highest BCUT2D eigenvalue weighted by molar-refractivity contribution is 5.66. The summed E-state index contributed by atoms with van der Waals surface area (Å²) in [7, 11) is 0. The average molecular weight is 443 g/mol. The Morgan fingerprint density at radius 3 is 2.22 bits per heavy atom. The number of hydrogen-bond donors (Lipinski definition) is 0. The number of esters is 1. The minimum absolute atomic E-state index is 0.257. The summed E-state index contributed by atoms with van der Waals surface area (Å²) >= 11 is 0. The van der Waals surface area contributed by atoms with Crippen molar-refractivity contribution in [3.05, 3.63) is 71.8 Å². The van der Waals surface area contributed by atoms with Crippen molar-refractivity contribution in [2.75, 3.05) is 6.61 Å². The maximum Gasteiger partial charge on any atom is 0.303 e. The van der Waals surface area contributed by atoms with Gasteiger partial charge < -0.3 is 28.4 Å². The normalized spacial score (nSPS) is 27.1. The molecule has 0 spiro atoms. The second-order valence-corrected chi connectivity index (χ2v) is 8.48.